The molecule has 0 radical (unpaired) electrons. The number of nitrogen functional groups attached to an aromatic ring is 1. The van der Waals surface area contributed by atoms with Gasteiger partial charge < -0.3 is 26.8 Å². The molecule has 1 fully saturated rings. The summed E-state index contributed by atoms with van der Waals surface area (Å²) in [5.74, 6) is -2.75. The molecule has 1 aliphatic rings. The smallest absolute Gasteiger partial charge is 0.328 e. The van der Waals surface area contributed by atoms with Gasteiger partial charge in [0.05, 0.1) is 0 Å². The maximum atomic E-state index is 13.5. The molecule has 2 atom stereocenters. The molecule has 34 heavy (non-hydrogen) atoms. The van der Waals surface area contributed by atoms with Crippen molar-refractivity contribution in [3.63, 3.8) is 0 Å². The van der Waals surface area contributed by atoms with Gasteiger partial charge in [-0.05, 0) is 18.1 Å². The number of amidine groups is 1. The molecule has 2 aromatic carbocycles. The summed E-state index contributed by atoms with van der Waals surface area (Å²) in [5, 5.41) is 18.8. The fraction of sp³-hybridized carbons (Fsp3) is 0.261. The van der Waals surface area contributed by atoms with Crippen molar-refractivity contribution < 1.29 is 24.3 Å². The Morgan fingerprint density at radius 3 is 2.29 bits per heavy atom. The molecule has 1 aliphatic heterocycles. The molecule has 0 aromatic heterocycles. The zero-order valence-corrected chi connectivity index (χ0v) is 18.5. The third kappa shape index (κ3) is 4.74. The summed E-state index contributed by atoms with van der Waals surface area (Å²) in [4.78, 5) is 52.3. The minimum Gasteiger partial charge on any atom is -0.480 e. The number of nitrogens with zero attached hydrogens (tertiary/aromatic N) is 2. The van der Waals surface area contributed by atoms with Crippen LogP contribution in [0.2, 0.25) is 0 Å². The van der Waals surface area contributed by atoms with Crippen LogP contribution in [-0.4, -0.2) is 63.7 Å². The minimum atomic E-state index is -1.43. The fourth-order valence-corrected chi connectivity index (χ4v) is 3.70. The van der Waals surface area contributed by atoms with Crippen molar-refractivity contribution in [2.24, 2.45) is 11.5 Å². The van der Waals surface area contributed by atoms with E-state index in [9.17, 15) is 19.2 Å². The van der Waals surface area contributed by atoms with E-state index in [4.69, 9.17) is 22.0 Å². The van der Waals surface area contributed by atoms with E-state index in [1.54, 1.807) is 31.2 Å². The van der Waals surface area contributed by atoms with Crippen LogP contribution in [0.15, 0.2) is 54.6 Å². The molecular formula is C23H26N6O5. The molecule has 1 heterocycles. The topological polar surface area (TPSA) is 183 Å². The molecular weight excluding hydrogens is 440 g/mol. The molecule has 11 nitrogen and oxygen atoms in total. The zero-order chi connectivity index (χ0) is 25.0. The number of benzene rings is 2. The van der Waals surface area contributed by atoms with Crippen LogP contribution < -0.4 is 16.8 Å². The van der Waals surface area contributed by atoms with Gasteiger partial charge in [-0.1, -0.05) is 54.6 Å². The molecule has 3 rings (SSSR count). The summed E-state index contributed by atoms with van der Waals surface area (Å²) in [6.07, 6.45) is 0. The third-order valence-corrected chi connectivity index (χ3v) is 5.74. The SMILES string of the molecule is CC1(c2ccc(C(=N)N)cc2)C(=O)N(CC(=O)NC[C@H](N)C(=O)O)C(=O)N1Cc1ccccc1. The molecule has 1 unspecified atom stereocenters. The minimum absolute atomic E-state index is 0.110. The molecule has 0 saturated carbocycles. The number of urea groups is 1. The van der Waals surface area contributed by atoms with E-state index in [-0.39, 0.29) is 18.9 Å². The van der Waals surface area contributed by atoms with Crippen molar-refractivity contribution in [3.8, 4) is 0 Å². The maximum Gasteiger partial charge on any atom is 0.328 e. The average Bonchev–Trinajstić information content (AvgIpc) is 2.99. The summed E-state index contributed by atoms with van der Waals surface area (Å²) in [6, 6.07) is 13.5. The van der Waals surface area contributed by atoms with Gasteiger partial charge in [-0.2, -0.15) is 0 Å². The van der Waals surface area contributed by atoms with Crippen molar-refractivity contribution >= 4 is 29.7 Å². The predicted octanol–water partition coefficient (Wildman–Crippen LogP) is 0.178. The lowest BCUT2D eigenvalue weighted by Gasteiger charge is -2.32. The first-order valence-electron chi connectivity index (χ1n) is 10.4. The predicted molar refractivity (Wildman–Crippen MR) is 123 cm³/mol. The second kappa shape index (κ2) is 9.71. The molecule has 0 bridgehead atoms. The van der Waals surface area contributed by atoms with Crippen molar-refractivity contribution in [1.29, 1.82) is 5.41 Å². The van der Waals surface area contributed by atoms with Crippen LogP contribution in [0.4, 0.5) is 4.79 Å². The van der Waals surface area contributed by atoms with E-state index in [0.29, 0.717) is 11.1 Å². The Bertz CT molecular complexity index is 1120. The average molecular weight is 466 g/mol. The van der Waals surface area contributed by atoms with Gasteiger partial charge in [-0.3, -0.25) is 24.7 Å². The Kier molecular flexibility index (Phi) is 6.97. The number of rotatable bonds is 9. The maximum absolute atomic E-state index is 13.5. The third-order valence-electron chi connectivity index (χ3n) is 5.74. The molecule has 178 valence electrons. The van der Waals surface area contributed by atoms with Crippen molar-refractivity contribution in [2.75, 3.05) is 13.1 Å². The zero-order valence-electron chi connectivity index (χ0n) is 18.5. The lowest BCUT2D eigenvalue weighted by molar-refractivity contribution is -0.139. The summed E-state index contributed by atoms with van der Waals surface area (Å²) in [5.41, 5.74) is 11.2. The largest absolute Gasteiger partial charge is 0.480 e. The number of carboxylic acid groups (broad SMARTS) is 1. The number of carbonyl (C=O) groups excluding carboxylic acids is 3. The van der Waals surface area contributed by atoms with Crippen molar-refractivity contribution in [3.05, 3.63) is 71.3 Å². The number of hydrogen-bond donors (Lipinski definition) is 5. The highest BCUT2D eigenvalue weighted by Crippen LogP contribution is 2.38. The Balaban J connectivity index is 1.92. The monoisotopic (exact) mass is 466 g/mol. The normalized spacial score (nSPS) is 18.6. The Morgan fingerprint density at radius 1 is 1.12 bits per heavy atom. The van der Waals surface area contributed by atoms with Crippen LogP contribution in [0.25, 0.3) is 0 Å². The van der Waals surface area contributed by atoms with Gasteiger partial charge >= 0.3 is 12.0 Å². The Morgan fingerprint density at radius 2 is 1.74 bits per heavy atom. The first-order valence-corrected chi connectivity index (χ1v) is 10.4. The van der Waals surface area contributed by atoms with Crippen LogP contribution in [-0.2, 0) is 26.5 Å². The van der Waals surface area contributed by atoms with Gasteiger partial charge in [0.2, 0.25) is 5.91 Å². The first-order chi connectivity index (χ1) is 16.1. The van der Waals surface area contributed by atoms with Gasteiger partial charge in [-0.15, -0.1) is 0 Å². The number of carbonyl (C=O) groups is 4. The van der Waals surface area contributed by atoms with Crippen LogP contribution in [0, 0.1) is 5.41 Å². The molecule has 0 spiro atoms. The van der Waals surface area contributed by atoms with Crippen LogP contribution in [0.5, 0.6) is 0 Å². The van der Waals surface area contributed by atoms with Gasteiger partial charge in [0.1, 0.15) is 24.0 Å². The lowest BCUT2D eigenvalue weighted by atomic mass is 9.89. The van der Waals surface area contributed by atoms with Gasteiger partial charge in [0.25, 0.3) is 5.91 Å². The highest BCUT2D eigenvalue weighted by molar-refractivity contribution is 6.09. The van der Waals surface area contributed by atoms with Gasteiger partial charge in [0, 0.05) is 18.7 Å². The molecule has 11 heteroatoms. The molecule has 0 aliphatic carbocycles. The second-order valence-corrected chi connectivity index (χ2v) is 8.06. The number of amides is 4. The van der Waals surface area contributed by atoms with Crippen LogP contribution >= 0.6 is 0 Å². The summed E-state index contributed by atoms with van der Waals surface area (Å²) < 4.78 is 0. The van der Waals surface area contributed by atoms with Crippen LogP contribution in [0.3, 0.4) is 0 Å². The number of nitrogens with one attached hydrogen (secondary N) is 2. The highest BCUT2D eigenvalue weighted by Gasteiger charge is 2.55. The second-order valence-electron chi connectivity index (χ2n) is 8.06. The Labute approximate surface area is 195 Å². The number of hydrogen-bond acceptors (Lipinski definition) is 6. The van der Waals surface area contributed by atoms with Gasteiger partial charge in [-0.25, -0.2) is 4.79 Å². The quantitative estimate of drug-likeness (QED) is 0.198. The standard InChI is InChI=1S/C23H26N6O5/c1-23(16-9-7-15(8-10-16)19(25)26)21(33)28(13-18(30)27-11-17(24)20(31)32)22(34)29(23)12-14-5-3-2-4-6-14/h2-10,17H,11-13,24H2,1H3,(H3,25,26)(H,27,30)(H,31,32)/t17-,23?/m0/s1. The van der Waals surface area contributed by atoms with E-state index in [1.165, 1.54) is 4.90 Å². The number of aliphatic carboxylic acids is 1. The number of carboxylic acids is 1. The molecule has 1 saturated heterocycles. The van der Waals surface area contributed by atoms with E-state index in [1.807, 2.05) is 30.3 Å². The van der Waals surface area contributed by atoms with Crippen molar-refractivity contribution in [2.45, 2.75) is 25.0 Å². The van der Waals surface area contributed by atoms with Crippen LogP contribution in [0.1, 0.15) is 23.6 Å². The van der Waals surface area contributed by atoms with E-state index < -0.39 is 41.9 Å². The summed E-state index contributed by atoms with van der Waals surface area (Å²) in [7, 11) is 0. The summed E-state index contributed by atoms with van der Waals surface area (Å²) in [6.45, 7) is 0.772. The summed E-state index contributed by atoms with van der Waals surface area (Å²) >= 11 is 0. The Hall–Kier alpha value is -4.25. The van der Waals surface area contributed by atoms with Gasteiger partial charge in [0.15, 0.2) is 0 Å². The lowest BCUT2D eigenvalue weighted by Crippen LogP contribution is -2.47. The molecule has 7 N–H and O–H groups in total. The van der Waals surface area contributed by atoms with E-state index in [2.05, 4.69) is 5.32 Å². The van der Waals surface area contributed by atoms with E-state index in [0.717, 1.165) is 10.5 Å². The number of imide groups is 1. The molecule has 4 amide bonds. The first kappa shape index (κ1) is 24.4. The number of nitrogens with two attached hydrogens (primary N) is 2. The molecule has 2 aromatic rings. The highest BCUT2D eigenvalue weighted by atomic mass is 16.4. The fourth-order valence-electron chi connectivity index (χ4n) is 3.70. The van der Waals surface area contributed by atoms with Crippen molar-refractivity contribution in [1.82, 2.24) is 15.1 Å². The van der Waals surface area contributed by atoms with E-state index >= 15 is 0 Å².